The zero-order valence-corrected chi connectivity index (χ0v) is 22.4. The number of likely N-dealkylation sites (tertiary alicyclic amines) is 1. The lowest BCUT2D eigenvalue weighted by Gasteiger charge is -2.35. The minimum absolute atomic E-state index is 0. The number of halogens is 1. The number of piperidine rings is 1. The summed E-state index contributed by atoms with van der Waals surface area (Å²) in [4.78, 5) is 9.52. The number of hydrogen-bond acceptors (Lipinski definition) is 4. The van der Waals surface area contributed by atoms with Crippen molar-refractivity contribution >= 4 is 29.9 Å². The lowest BCUT2D eigenvalue weighted by molar-refractivity contribution is 0.164. The van der Waals surface area contributed by atoms with Gasteiger partial charge in [0.25, 0.3) is 0 Å². The monoisotopic (exact) mass is 545 g/mol. The smallest absolute Gasteiger partial charge is 0.191 e. The van der Waals surface area contributed by atoms with E-state index in [0.717, 1.165) is 57.4 Å². The van der Waals surface area contributed by atoms with Crippen LogP contribution in [-0.4, -0.2) is 75.7 Å². The second kappa shape index (κ2) is 16.6. The minimum atomic E-state index is 0. The molecule has 2 rings (SSSR count). The maximum Gasteiger partial charge on any atom is 0.191 e. The van der Waals surface area contributed by atoms with Crippen LogP contribution in [0.5, 0.6) is 5.75 Å². The van der Waals surface area contributed by atoms with E-state index in [1.54, 1.807) is 7.11 Å². The van der Waals surface area contributed by atoms with Crippen LogP contribution in [0.3, 0.4) is 0 Å². The molecule has 1 heterocycles. The Morgan fingerprint density at radius 2 is 1.74 bits per heavy atom. The van der Waals surface area contributed by atoms with Gasteiger partial charge in [0.15, 0.2) is 5.96 Å². The molecule has 0 spiro atoms. The molecule has 1 aliphatic heterocycles. The van der Waals surface area contributed by atoms with Crippen LogP contribution in [0.25, 0.3) is 0 Å². The molecule has 1 aliphatic rings. The van der Waals surface area contributed by atoms with Crippen molar-refractivity contribution < 1.29 is 4.74 Å². The highest BCUT2D eigenvalue weighted by atomic mass is 127. The standard InChI is InChI=1S/C24H43N5O.HI/c1-5-28(6-2)17-11-8-16-26-24(25-3)27-20-23(29-18-9-7-10-19-29)21-12-14-22(30-4)15-13-21;/h12-15,23H,5-11,16-20H2,1-4H3,(H2,25,26,27);1H. The van der Waals surface area contributed by atoms with Crippen LogP contribution in [0.2, 0.25) is 0 Å². The van der Waals surface area contributed by atoms with E-state index in [1.807, 2.05) is 7.05 Å². The second-order valence-corrected chi connectivity index (χ2v) is 8.00. The largest absolute Gasteiger partial charge is 0.497 e. The first-order chi connectivity index (χ1) is 14.7. The third-order valence-electron chi connectivity index (χ3n) is 6.11. The van der Waals surface area contributed by atoms with Crippen molar-refractivity contribution in [2.45, 2.75) is 52.0 Å². The summed E-state index contributed by atoms with van der Waals surface area (Å²) in [5, 5.41) is 7.06. The summed E-state index contributed by atoms with van der Waals surface area (Å²) >= 11 is 0. The summed E-state index contributed by atoms with van der Waals surface area (Å²) in [6, 6.07) is 8.87. The number of unbranched alkanes of at least 4 members (excludes halogenated alkanes) is 1. The molecule has 7 heteroatoms. The number of benzene rings is 1. The van der Waals surface area contributed by atoms with Gasteiger partial charge in [-0.15, -0.1) is 24.0 Å². The van der Waals surface area contributed by atoms with Gasteiger partial charge in [-0.2, -0.15) is 0 Å². The average molecular weight is 546 g/mol. The molecule has 1 aromatic rings. The van der Waals surface area contributed by atoms with Crippen molar-refractivity contribution in [3.05, 3.63) is 29.8 Å². The molecule has 2 N–H and O–H groups in total. The fraction of sp³-hybridized carbons (Fsp3) is 0.708. The van der Waals surface area contributed by atoms with Crippen molar-refractivity contribution in [3.8, 4) is 5.75 Å². The zero-order valence-electron chi connectivity index (χ0n) is 20.0. The van der Waals surface area contributed by atoms with Crippen LogP contribution in [0.1, 0.15) is 57.6 Å². The predicted octanol–water partition coefficient (Wildman–Crippen LogP) is 4.13. The van der Waals surface area contributed by atoms with Gasteiger partial charge in [0.05, 0.1) is 13.2 Å². The number of guanidine groups is 1. The van der Waals surface area contributed by atoms with E-state index in [9.17, 15) is 0 Å². The molecule has 0 bridgehead atoms. The second-order valence-electron chi connectivity index (χ2n) is 8.00. The van der Waals surface area contributed by atoms with Crippen molar-refractivity contribution in [3.63, 3.8) is 0 Å². The van der Waals surface area contributed by atoms with Crippen molar-refractivity contribution in [1.29, 1.82) is 0 Å². The lowest BCUT2D eigenvalue weighted by atomic mass is 10.0. The Morgan fingerprint density at radius 1 is 1.06 bits per heavy atom. The Morgan fingerprint density at radius 3 is 2.32 bits per heavy atom. The fourth-order valence-corrected chi connectivity index (χ4v) is 4.13. The summed E-state index contributed by atoms with van der Waals surface area (Å²) in [6.07, 6.45) is 6.29. The van der Waals surface area contributed by atoms with Crippen LogP contribution >= 0.6 is 24.0 Å². The molecule has 1 unspecified atom stereocenters. The molecule has 6 nitrogen and oxygen atoms in total. The van der Waals surface area contributed by atoms with Gasteiger partial charge in [0.2, 0.25) is 0 Å². The minimum Gasteiger partial charge on any atom is -0.497 e. The molecule has 31 heavy (non-hydrogen) atoms. The Labute approximate surface area is 207 Å². The van der Waals surface area contributed by atoms with E-state index in [1.165, 1.54) is 37.8 Å². The van der Waals surface area contributed by atoms with Crippen molar-refractivity contribution in [2.75, 3.05) is 60.0 Å². The lowest BCUT2D eigenvalue weighted by Crippen LogP contribution is -2.44. The third kappa shape index (κ3) is 9.95. The molecule has 0 amide bonds. The van der Waals surface area contributed by atoms with Gasteiger partial charge in [0, 0.05) is 20.1 Å². The third-order valence-corrected chi connectivity index (χ3v) is 6.11. The van der Waals surface area contributed by atoms with E-state index in [2.05, 4.69) is 63.5 Å². The molecule has 0 saturated carbocycles. The van der Waals surface area contributed by atoms with Gasteiger partial charge >= 0.3 is 0 Å². The van der Waals surface area contributed by atoms with Crippen LogP contribution < -0.4 is 15.4 Å². The molecule has 0 aromatic heterocycles. The fourth-order valence-electron chi connectivity index (χ4n) is 4.13. The van der Waals surface area contributed by atoms with Gasteiger partial charge in [-0.3, -0.25) is 9.89 Å². The molecule has 1 saturated heterocycles. The van der Waals surface area contributed by atoms with Gasteiger partial charge in [-0.1, -0.05) is 32.4 Å². The SMILES string of the molecule is CCN(CC)CCCCNC(=NC)NCC(c1ccc(OC)cc1)N1CCCCC1.I. The first-order valence-electron chi connectivity index (χ1n) is 11.8. The number of nitrogens with one attached hydrogen (secondary N) is 2. The normalized spacial score (nSPS) is 16.0. The van der Waals surface area contributed by atoms with E-state index < -0.39 is 0 Å². The highest BCUT2D eigenvalue weighted by Crippen LogP contribution is 2.25. The quantitative estimate of drug-likeness (QED) is 0.179. The van der Waals surface area contributed by atoms with Crippen molar-refractivity contribution in [1.82, 2.24) is 20.4 Å². The highest BCUT2D eigenvalue weighted by Gasteiger charge is 2.22. The van der Waals surface area contributed by atoms with Gasteiger partial charge < -0.3 is 20.3 Å². The maximum absolute atomic E-state index is 5.34. The van der Waals surface area contributed by atoms with Crippen LogP contribution in [0.15, 0.2) is 29.3 Å². The molecule has 1 atom stereocenters. The average Bonchev–Trinajstić information content (AvgIpc) is 2.81. The van der Waals surface area contributed by atoms with Gasteiger partial charge in [-0.25, -0.2) is 0 Å². The molecular formula is C24H44IN5O. The van der Waals surface area contributed by atoms with Crippen molar-refractivity contribution in [2.24, 2.45) is 4.99 Å². The van der Waals surface area contributed by atoms with Crippen LogP contribution in [-0.2, 0) is 0 Å². The number of ether oxygens (including phenoxy) is 1. The van der Waals surface area contributed by atoms with E-state index in [0.29, 0.717) is 6.04 Å². The summed E-state index contributed by atoms with van der Waals surface area (Å²) < 4.78 is 5.34. The Hall–Kier alpha value is -1.06. The van der Waals surface area contributed by atoms with Crippen LogP contribution in [0.4, 0.5) is 0 Å². The molecule has 178 valence electrons. The number of hydrogen-bond donors (Lipinski definition) is 2. The molecule has 1 aromatic carbocycles. The summed E-state index contributed by atoms with van der Waals surface area (Å²) in [5.41, 5.74) is 1.33. The van der Waals surface area contributed by atoms with E-state index >= 15 is 0 Å². The molecular weight excluding hydrogens is 501 g/mol. The summed E-state index contributed by atoms with van der Waals surface area (Å²) in [6.45, 7) is 12.0. The molecule has 1 fully saturated rings. The highest BCUT2D eigenvalue weighted by molar-refractivity contribution is 14.0. The molecule has 0 radical (unpaired) electrons. The number of methoxy groups -OCH3 is 1. The van der Waals surface area contributed by atoms with Crippen LogP contribution in [0, 0.1) is 0 Å². The Bertz CT molecular complexity index is 600. The number of nitrogens with zero attached hydrogens (tertiary/aromatic N) is 3. The summed E-state index contributed by atoms with van der Waals surface area (Å²) in [7, 11) is 3.57. The first kappa shape index (κ1) is 28.0. The molecule has 0 aliphatic carbocycles. The number of rotatable bonds is 12. The van der Waals surface area contributed by atoms with Gasteiger partial charge in [-0.05, 0) is 76.1 Å². The zero-order chi connectivity index (χ0) is 21.6. The Kier molecular flexibility index (Phi) is 14.9. The van der Waals surface area contributed by atoms with E-state index in [4.69, 9.17) is 4.74 Å². The number of aliphatic imine (C=N–C) groups is 1. The predicted molar refractivity (Wildman–Crippen MR) is 143 cm³/mol. The maximum atomic E-state index is 5.34. The first-order valence-corrected chi connectivity index (χ1v) is 11.8. The van der Waals surface area contributed by atoms with Gasteiger partial charge in [0.1, 0.15) is 5.75 Å². The topological polar surface area (TPSA) is 52.1 Å². The van der Waals surface area contributed by atoms with E-state index in [-0.39, 0.29) is 24.0 Å². The summed E-state index contributed by atoms with van der Waals surface area (Å²) in [5.74, 6) is 1.81. The Balaban J connectivity index is 0.00000480.